The molecule has 0 aliphatic carbocycles. The molecule has 1 aromatic heterocycles. The Morgan fingerprint density at radius 3 is 2.35 bits per heavy atom. The number of carbonyl (C=O) groups is 1. The summed E-state index contributed by atoms with van der Waals surface area (Å²) in [4.78, 5) is 19.9. The van der Waals surface area contributed by atoms with Crippen LogP contribution in [0.5, 0.6) is 0 Å². The van der Waals surface area contributed by atoms with Crippen molar-refractivity contribution in [1.29, 1.82) is 0 Å². The second-order valence-corrected chi connectivity index (χ2v) is 6.58. The van der Waals surface area contributed by atoms with Crippen molar-refractivity contribution < 1.29 is 4.79 Å². The van der Waals surface area contributed by atoms with Gasteiger partial charge in [0.15, 0.2) is 0 Å². The van der Waals surface area contributed by atoms with Gasteiger partial charge in [-0.3, -0.25) is 4.79 Å². The van der Waals surface area contributed by atoms with Gasteiger partial charge in [-0.1, -0.05) is 38.1 Å². The molecule has 1 aliphatic heterocycles. The number of rotatable bonds is 2. The lowest BCUT2D eigenvalue weighted by molar-refractivity contribution is 0.0755. The van der Waals surface area contributed by atoms with Crippen LogP contribution in [0, 0.1) is 6.92 Å². The van der Waals surface area contributed by atoms with E-state index in [9.17, 15) is 4.79 Å². The molecular formula is C16H18N2OS. The highest BCUT2D eigenvalue weighted by atomic mass is 32.1. The Balaban J connectivity index is 1.85. The zero-order chi connectivity index (χ0) is 14.3. The predicted molar refractivity (Wildman–Crippen MR) is 81.0 cm³/mol. The van der Waals surface area contributed by atoms with Crippen LogP contribution < -0.4 is 0 Å². The lowest BCUT2D eigenvalue weighted by Gasteiger charge is -2.14. The molecule has 3 nitrogen and oxygen atoms in total. The first-order chi connectivity index (χ1) is 9.56. The summed E-state index contributed by atoms with van der Waals surface area (Å²) in [6.07, 6.45) is 0. The van der Waals surface area contributed by atoms with Crippen molar-refractivity contribution in [2.75, 3.05) is 0 Å². The summed E-state index contributed by atoms with van der Waals surface area (Å²) < 4.78 is 0. The molecule has 20 heavy (non-hydrogen) atoms. The van der Waals surface area contributed by atoms with Crippen LogP contribution in [0.2, 0.25) is 0 Å². The molecule has 2 aromatic rings. The topological polar surface area (TPSA) is 33.2 Å². The van der Waals surface area contributed by atoms with Gasteiger partial charge in [-0.25, -0.2) is 4.98 Å². The SMILES string of the molecule is Cc1nc(C(C)C)sc1C(=O)N1Cc2ccccc2C1. The fraction of sp³-hybridized carbons (Fsp3) is 0.375. The van der Waals surface area contributed by atoms with Gasteiger partial charge in [-0.15, -0.1) is 11.3 Å². The van der Waals surface area contributed by atoms with Gasteiger partial charge >= 0.3 is 0 Å². The minimum absolute atomic E-state index is 0.114. The van der Waals surface area contributed by atoms with E-state index in [-0.39, 0.29) is 5.91 Å². The monoisotopic (exact) mass is 286 g/mol. The Morgan fingerprint density at radius 1 is 1.25 bits per heavy atom. The zero-order valence-corrected chi connectivity index (χ0v) is 12.8. The minimum Gasteiger partial charge on any atom is -0.329 e. The molecular weight excluding hydrogens is 268 g/mol. The molecule has 1 aromatic carbocycles. The van der Waals surface area contributed by atoms with Gasteiger partial charge < -0.3 is 4.90 Å². The number of fused-ring (bicyclic) bond motifs is 1. The van der Waals surface area contributed by atoms with E-state index in [4.69, 9.17) is 0 Å². The number of thiazole rings is 1. The summed E-state index contributed by atoms with van der Waals surface area (Å²) >= 11 is 1.54. The second kappa shape index (κ2) is 5.02. The van der Waals surface area contributed by atoms with Gasteiger partial charge in [0.25, 0.3) is 5.91 Å². The Bertz CT molecular complexity index is 635. The van der Waals surface area contributed by atoms with E-state index in [1.165, 1.54) is 22.5 Å². The van der Waals surface area contributed by atoms with Crippen LogP contribution in [0.15, 0.2) is 24.3 Å². The Hall–Kier alpha value is -1.68. The quantitative estimate of drug-likeness (QED) is 0.842. The van der Waals surface area contributed by atoms with E-state index in [2.05, 4.69) is 31.0 Å². The molecule has 0 saturated carbocycles. The van der Waals surface area contributed by atoms with Crippen molar-refractivity contribution in [2.45, 2.75) is 39.8 Å². The first-order valence-corrected chi connectivity index (χ1v) is 7.71. The summed E-state index contributed by atoms with van der Waals surface area (Å²) in [5, 5.41) is 1.04. The third kappa shape index (κ3) is 2.24. The smallest absolute Gasteiger partial charge is 0.266 e. The summed E-state index contributed by atoms with van der Waals surface area (Å²) in [7, 11) is 0. The van der Waals surface area contributed by atoms with E-state index in [0.717, 1.165) is 15.6 Å². The molecule has 104 valence electrons. The van der Waals surface area contributed by atoms with Crippen LogP contribution in [-0.2, 0) is 13.1 Å². The number of amides is 1. The largest absolute Gasteiger partial charge is 0.329 e. The normalized spacial score (nSPS) is 13.9. The van der Waals surface area contributed by atoms with Crippen molar-refractivity contribution in [3.05, 3.63) is 51.0 Å². The van der Waals surface area contributed by atoms with Crippen molar-refractivity contribution in [3.63, 3.8) is 0 Å². The van der Waals surface area contributed by atoms with Gasteiger partial charge in [0.05, 0.1) is 10.7 Å². The number of aromatic nitrogens is 1. The van der Waals surface area contributed by atoms with Crippen molar-refractivity contribution in [2.24, 2.45) is 0 Å². The average Bonchev–Trinajstić information content (AvgIpc) is 3.01. The molecule has 0 radical (unpaired) electrons. The van der Waals surface area contributed by atoms with Crippen molar-refractivity contribution >= 4 is 17.2 Å². The Labute approximate surface area is 123 Å². The van der Waals surface area contributed by atoms with E-state index in [1.54, 1.807) is 0 Å². The van der Waals surface area contributed by atoms with Crippen LogP contribution in [0.1, 0.15) is 51.3 Å². The third-order valence-electron chi connectivity index (χ3n) is 3.63. The molecule has 0 N–H and O–H groups in total. The van der Waals surface area contributed by atoms with Crippen molar-refractivity contribution in [1.82, 2.24) is 9.88 Å². The molecule has 1 amide bonds. The van der Waals surface area contributed by atoms with Gasteiger partial charge in [0.1, 0.15) is 4.88 Å². The fourth-order valence-electron chi connectivity index (χ4n) is 2.48. The van der Waals surface area contributed by atoms with Crippen LogP contribution in [0.4, 0.5) is 0 Å². The third-order valence-corrected chi connectivity index (χ3v) is 5.08. The molecule has 0 unspecified atom stereocenters. The van der Waals surface area contributed by atoms with E-state index in [1.807, 2.05) is 24.0 Å². The molecule has 0 spiro atoms. The average molecular weight is 286 g/mol. The highest BCUT2D eigenvalue weighted by molar-refractivity contribution is 7.13. The molecule has 0 atom stereocenters. The maximum atomic E-state index is 12.7. The van der Waals surface area contributed by atoms with Crippen LogP contribution in [-0.4, -0.2) is 15.8 Å². The number of hydrogen-bond donors (Lipinski definition) is 0. The highest BCUT2D eigenvalue weighted by Crippen LogP contribution is 2.29. The highest BCUT2D eigenvalue weighted by Gasteiger charge is 2.27. The predicted octanol–water partition coefficient (Wildman–Crippen LogP) is 3.73. The van der Waals surface area contributed by atoms with E-state index in [0.29, 0.717) is 19.0 Å². The number of hydrogen-bond acceptors (Lipinski definition) is 3. The molecule has 3 rings (SSSR count). The summed E-state index contributed by atoms with van der Waals surface area (Å²) in [6, 6.07) is 8.26. The van der Waals surface area contributed by atoms with Crippen molar-refractivity contribution in [3.8, 4) is 0 Å². The number of nitrogens with zero attached hydrogens (tertiary/aromatic N) is 2. The summed E-state index contributed by atoms with van der Waals surface area (Å²) in [5.74, 6) is 0.485. The first kappa shape index (κ1) is 13.3. The van der Waals surface area contributed by atoms with Crippen LogP contribution in [0.25, 0.3) is 0 Å². The summed E-state index contributed by atoms with van der Waals surface area (Å²) in [5.41, 5.74) is 3.37. The van der Waals surface area contributed by atoms with Gasteiger partial charge in [-0.2, -0.15) is 0 Å². The maximum Gasteiger partial charge on any atom is 0.266 e. The van der Waals surface area contributed by atoms with Crippen LogP contribution in [0.3, 0.4) is 0 Å². The molecule has 4 heteroatoms. The number of benzene rings is 1. The maximum absolute atomic E-state index is 12.7. The molecule has 0 saturated heterocycles. The van der Waals surface area contributed by atoms with Gasteiger partial charge in [0, 0.05) is 19.0 Å². The molecule has 0 fully saturated rings. The lowest BCUT2D eigenvalue weighted by atomic mass is 10.1. The number of aryl methyl sites for hydroxylation is 1. The molecule has 0 bridgehead atoms. The first-order valence-electron chi connectivity index (χ1n) is 6.89. The van der Waals surface area contributed by atoms with E-state index >= 15 is 0 Å². The minimum atomic E-state index is 0.114. The number of carbonyl (C=O) groups excluding carboxylic acids is 1. The van der Waals surface area contributed by atoms with Crippen LogP contribution >= 0.6 is 11.3 Å². The van der Waals surface area contributed by atoms with Gasteiger partial charge in [-0.05, 0) is 18.1 Å². The zero-order valence-electron chi connectivity index (χ0n) is 12.0. The van der Waals surface area contributed by atoms with Gasteiger partial charge in [0.2, 0.25) is 0 Å². The van der Waals surface area contributed by atoms with E-state index < -0.39 is 0 Å². The lowest BCUT2D eigenvalue weighted by Crippen LogP contribution is -2.25. The Kier molecular flexibility index (Phi) is 3.34. The summed E-state index contributed by atoms with van der Waals surface area (Å²) in [6.45, 7) is 7.57. The fourth-order valence-corrected chi connectivity index (χ4v) is 3.52. The second-order valence-electron chi connectivity index (χ2n) is 5.55. The Morgan fingerprint density at radius 2 is 1.85 bits per heavy atom. The standard InChI is InChI=1S/C16H18N2OS/c1-10(2)15-17-11(3)14(20-15)16(19)18-8-12-6-4-5-7-13(12)9-18/h4-7,10H,8-9H2,1-3H3. The molecule has 1 aliphatic rings. The molecule has 2 heterocycles.